The minimum absolute atomic E-state index is 0.468. The van der Waals surface area contributed by atoms with Gasteiger partial charge in [-0.15, -0.1) is 0 Å². The summed E-state index contributed by atoms with van der Waals surface area (Å²) in [5.41, 5.74) is 1.82. The molecule has 0 radical (unpaired) electrons. The number of nitrogens with zero attached hydrogens (tertiary/aromatic N) is 3. The molecule has 0 saturated carbocycles. The van der Waals surface area contributed by atoms with Crippen LogP contribution in [-0.4, -0.2) is 63.0 Å². The number of rotatable bonds is 11. The number of guanidine groups is 1. The maximum Gasteiger partial charge on any atom is 0.191 e. The van der Waals surface area contributed by atoms with Crippen molar-refractivity contribution in [1.82, 2.24) is 20.7 Å². The molecule has 2 aromatic rings. The SMILES string of the molecule is CCNC(=NCc1cc(-c2ccccc2)on1)NCCN(C)CCCOC. The smallest absolute Gasteiger partial charge is 0.191 e. The first-order chi connectivity index (χ1) is 13.2. The summed E-state index contributed by atoms with van der Waals surface area (Å²) in [6, 6.07) is 11.9. The van der Waals surface area contributed by atoms with Crippen LogP contribution < -0.4 is 10.6 Å². The largest absolute Gasteiger partial charge is 0.385 e. The Bertz CT molecular complexity index is 672. The van der Waals surface area contributed by atoms with Gasteiger partial charge in [-0.25, -0.2) is 4.99 Å². The number of ether oxygens (including phenoxy) is 1. The highest BCUT2D eigenvalue weighted by Crippen LogP contribution is 2.19. The van der Waals surface area contributed by atoms with Crippen molar-refractivity contribution in [2.75, 3.05) is 46.9 Å². The van der Waals surface area contributed by atoms with E-state index < -0.39 is 0 Å². The van der Waals surface area contributed by atoms with Gasteiger partial charge in [0.05, 0.1) is 6.54 Å². The number of hydrogen-bond donors (Lipinski definition) is 2. The third-order valence-electron chi connectivity index (χ3n) is 4.03. The summed E-state index contributed by atoms with van der Waals surface area (Å²) in [5.74, 6) is 1.54. The van der Waals surface area contributed by atoms with Crippen LogP contribution in [-0.2, 0) is 11.3 Å². The van der Waals surface area contributed by atoms with Crippen molar-refractivity contribution in [3.8, 4) is 11.3 Å². The fourth-order valence-corrected chi connectivity index (χ4v) is 2.58. The van der Waals surface area contributed by atoms with Crippen LogP contribution in [0, 0.1) is 0 Å². The molecule has 1 heterocycles. The van der Waals surface area contributed by atoms with E-state index in [0.29, 0.717) is 6.54 Å². The van der Waals surface area contributed by atoms with Gasteiger partial charge >= 0.3 is 0 Å². The second-order valence-electron chi connectivity index (χ2n) is 6.32. The van der Waals surface area contributed by atoms with E-state index >= 15 is 0 Å². The van der Waals surface area contributed by atoms with E-state index in [1.54, 1.807) is 7.11 Å². The maximum atomic E-state index is 5.43. The van der Waals surface area contributed by atoms with Crippen LogP contribution in [0.15, 0.2) is 45.9 Å². The van der Waals surface area contributed by atoms with Gasteiger partial charge in [0, 0.05) is 51.5 Å². The molecule has 0 saturated heterocycles. The molecule has 0 amide bonds. The zero-order chi connectivity index (χ0) is 19.3. The first-order valence-electron chi connectivity index (χ1n) is 9.43. The third kappa shape index (κ3) is 7.80. The van der Waals surface area contributed by atoms with Gasteiger partial charge in [-0.2, -0.15) is 0 Å². The standard InChI is InChI=1S/C20H31N5O2/c1-4-21-20(22-11-13-25(2)12-8-14-26-3)23-16-18-15-19(27-24-18)17-9-6-5-7-10-17/h5-7,9-10,15H,4,8,11-14,16H2,1-3H3,(H2,21,22,23). The zero-order valence-electron chi connectivity index (χ0n) is 16.6. The third-order valence-corrected chi connectivity index (χ3v) is 4.03. The lowest BCUT2D eigenvalue weighted by Gasteiger charge is -2.18. The van der Waals surface area contributed by atoms with Crippen LogP contribution >= 0.6 is 0 Å². The Labute approximate surface area is 161 Å². The minimum atomic E-state index is 0.468. The molecule has 2 rings (SSSR count). The predicted molar refractivity (Wildman–Crippen MR) is 109 cm³/mol. The van der Waals surface area contributed by atoms with Crippen LogP contribution in [0.1, 0.15) is 19.0 Å². The number of methoxy groups -OCH3 is 1. The molecule has 0 aliphatic rings. The number of hydrogen-bond acceptors (Lipinski definition) is 5. The molecular formula is C20H31N5O2. The normalized spacial score (nSPS) is 11.8. The lowest BCUT2D eigenvalue weighted by molar-refractivity contribution is 0.180. The molecular weight excluding hydrogens is 342 g/mol. The van der Waals surface area contributed by atoms with Gasteiger partial charge in [0.25, 0.3) is 0 Å². The molecule has 7 nitrogen and oxygen atoms in total. The van der Waals surface area contributed by atoms with Gasteiger partial charge in [-0.05, 0) is 20.4 Å². The molecule has 0 unspecified atom stereocenters. The number of likely N-dealkylation sites (N-methyl/N-ethyl adjacent to an activating group) is 1. The predicted octanol–water partition coefficient (Wildman–Crippen LogP) is 2.37. The number of nitrogens with one attached hydrogen (secondary N) is 2. The Balaban J connectivity index is 1.82. The number of aromatic nitrogens is 1. The van der Waals surface area contributed by atoms with Crippen molar-refractivity contribution in [1.29, 1.82) is 0 Å². The van der Waals surface area contributed by atoms with Crippen molar-refractivity contribution in [2.45, 2.75) is 19.9 Å². The van der Waals surface area contributed by atoms with Gasteiger partial charge in [0.15, 0.2) is 11.7 Å². The molecule has 0 bridgehead atoms. The Morgan fingerprint density at radius 3 is 2.78 bits per heavy atom. The van der Waals surface area contributed by atoms with E-state index in [4.69, 9.17) is 9.26 Å². The van der Waals surface area contributed by atoms with Crippen LogP contribution in [0.25, 0.3) is 11.3 Å². The van der Waals surface area contributed by atoms with Crippen molar-refractivity contribution in [2.24, 2.45) is 4.99 Å². The van der Waals surface area contributed by atoms with Crippen LogP contribution in [0.5, 0.6) is 0 Å². The quantitative estimate of drug-likeness (QED) is 0.358. The average molecular weight is 374 g/mol. The highest BCUT2D eigenvalue weighted by atomic mass is 16.5. The average Bonchev–Trinajstić information content (AvgIpc) is 3.16. The van der Waals surface area contributed by atoms with Crippen LogP contribution in [0.4, 0.5) is 0 Å². The fourth-order valence-electron chi connectivity index (χ4n) is 2.58. The number of aliphatic imine (C=N–C) groups is 1. The van der Waals surface area contributed by atoms with Gasteiger partial charge in [0.2, 0.25) is 0 Å². The second-order valence-corrected chi connectivity index (χ2v) is 6.32. The summed E-state index contributed by atoms with van der Waals surface area (Å²) in [4.78, 5) is 6.87. The topological polar surface area (TPSA) is 74.9 Å². The molecule has 2 N–H and O–H groups in total. The lowest BCUT2D eigenvalue weighted by atomic mass is 10.2. The summed E-state index contributed by atoms with van der Waals surface area (Å²) < 4.78 is 10.5. The van der Waals surface area contributed by atoms with E-state index in [1.165, 1.54) is 0 Å². The molecule has 7 heteroatoms. The molecule has 0 aliphatic carbocycles. The zero-order valence-corrected chi connectivity index (χ0v) is 16.6. The summed E-state index contributed by atoms with van der Waals surface area (Å²) in [7, 11) is 3.85. The molecule has 1 aromatic heterocycles. The summed E-state index contributed by atoms with van der Waals surface area (Å²) >= 11 is 0. The van der Waals surface area contributed by atoms with E-state index in [2.05, 4.69) is 39.7 Å². The highest BCUT2D eigenvalue weighted by molar-refractivity contribution is 5.79. The van der Waals surface area contributed by atoms with Gasteiger partial charge < -0.3 is 24.8 Å². The lowest BCUT2D eigenvalue weighted by Crippen LogP contribution is -2.41. The van der Waals surface area contributed by atoms with E-state index in [0.717, 1.165) is 62.2 Å². The van der Waals surface area contributed by atoms with Crippen LogP contribution in [0.2, 0.25) is 0 Å². The first kappa shape index (κ1) is 20.9. The Morgan fingerprint density at radius 2 is 2.04 bits per heavy atom. The van der Waals surface area contributed by atoms with Crippen molar-refractivity contribution in [3.63, 3.8) is 0 Å². The van der Waals surface area contributed by atoms with Gasteiger partial charge in [-0.3, -0.25) is 0 Å². The van der Waals surface area contributed by atoms with Gasteiger partial charge in [0.1, 0.15) is 5.69 Å². The minimum Gasteiger partial charge on any atom is -0.385 e. The van der Waals surface area contributed by atoms with Gasteiger partial charge in [-0.1, -0.05) is 35.5 Å². The molecule has 0 spiro atoms. The highest BCUT2D eigenvalue weighted by Gasteiger charge is 2.06. The molecule has 27 heavy (non-hydrogen) atoms. The van der Waals surface area contributed by atoms with Crippen LogP contribution in [0.3, 0.4) is 0 Å². The Hall–Kier alpha value is -2.38. The Kier molecular flexibility index (Phi) is 9.37. The van der Waals surface area contributed by atoms with E-state index in [9.17, 15) is 0 Å². The second kappa shape index (κ2) is 12.1. The summed E-state index contributed by atoms with van der Waals surface area (Å²) in [6.45, 7) is 6.91. The maximum absolute atomic E-state index is 5.43. The van der Waals surface area contributed by atoms with Crippen molar-refractivity contribution < 1.29 is 9.26 Å². The summed E-state index contributed by atoms with van der Waals surface area (Å²) in [5, 5.41) is 10.7. The Morgan fingerprint density at radius 1 is 1.22 bits per heavy atom. The number of benzene rings is 1. The molecule has 1 aromatic carbocycles. The summed E-state index contributed by atoms with van der Waals surface area (Å²) in [6.07, 6.45) is 1.04. The first-order valence-corrected chi connectivity index (χ1v) is 9.43. The molecule has 148 valence electrons. The van der Waals surface area contributed by atoms with E-state index in [-0.39, 0.29) is 0 Å². The monoisotopic (exact) mass is 373 g/mol. The molecule has 0 fully saturated rings. The molecule has 0 atom stereocenters. The van der Waals surface area contributed by atoms with E-state index in [1.807, 2.05) is 36.4 Å². The fraction of sp³-hybridized carbons (Fsp3) is 0.500. The molecule has 0 aliphatic heterocycles. The van der Waals surface area contributed by atoms with Crippen molar-refractivity contribution >= 4 is 5.96 Å². The van der Waals surface area contributed by atoms with Crippen molar-refractivity contribution in [3.05, 3.63) is 42.1 Å².